The molecule has 146 valence electrons. The van der Waals surface area contributed by atoms with E-state index in [-0.39, 0.29) is 5.91 Å². The Morgan fingerprint density at radius 2 is 2.07 bits per heavy atom. The van der Waals surface area contributed by atoms with E-state index in [0.29, 0.717) is 26.2 Å². The third-order valence-corrected chi connectivity index (χ3v) is 5.60. The zero-order valence-electron chi connectivity index (χ0n) is 16.8. The molecule has 27 heavy (non-hydrogen) atoms. The Morgan fingerprint density at radius 3 is 2.74 bits per heavy atom. The van der Waals surface area contributed by atoms with Crippen LogP contribution in [0.5, 0.6) is 0 Å². The Balaban J connectivity index is 1.86. The van der Waals surface area contributed by atoms with E-state index in [0.717, 1.165) is 23.4 Å². The first-order valence-corrected chi connectivity index (χ1v) is 9.18. The van der Waals surface area contributed by atoms with Crippen LogP contribution in [0.2, 0.25) is 0 Å². The summed E-state index contributed by atoms with van der Waals surface area (Å²) in [5.41, 5.74) is 2.63. The summed E-state index contributed by atoms with van der Waals surface area (Å²) in [6, 6.07) is 5.88. The Labute approximate surface area is 160 Å². The van der Waals surface area contributed by atoms with Crippen LogP contribution in [0.15, 0.2) is 18.2 Å². The van der Waals surface area contributed by atoms with Gasteiger partial charge in [0.2, 0.25) is 0 Å². The van der Waals surface area contributed by atoms with Gasteiger partial charge in [0.1, 0.15) is 5.54 Å². The van der Waals surface area contributed by atoms with Gasteiger partial charge in [-0.05, 0) is 68.1 Å². The smallest absolute Gasteiger partial charge is 0.253 e. The van der Waals surface area contributed by atoms with E-state index in [9.17, 15) is 4.79 Å². The molecule has 1 aliphatic rings. The summed E-state index contributed by atoms with van der Waals surface area (Å²) < 4.78 is 6.95. The van der Waals surface area contributed by atoms with E-state index in [1.54, 1.807) is 11.8 Å². The molecule has 0 saturated carbocycles. The van der Waals surface area contributed by atoms with Crippen LogP contribution >= 0.6 is 0 Å². The van der Waals surface area contributed by atoms with Crippen LogP contribution in [-0.4, -0.2) is 76.8 Å². The third-order valence-electron chi connectivity index (χ3n) is 5.60. The van der Waals surface area contributed by atoms with Crippen molar-refractivity contribution in [3.05, 3.63) is 40.7 Å². The molecule has 1 unspecified atom stereocenters. The Kier molecular flexibility index (Phi) is 5.57. The fraction of sp³-hybridized carbons (Fsp3) is 0.579. The van der Waals surface area contributed by atoms with Gasteiger partial charge in [-0.1, -0.05) is 6.07 Å². The number of ether oxygens (including phenoxy) is 1. The number of likely N-dealkylation sites (tertiary alicyclic amines) is 1. The molecule has 0 N–H and O–H groups in total. The SMILES string of the molecule is COCCn1nnnc1C1(N(C)C)CCN(C(=O)c2ccc(C)c(C)c2)C1. The number of carbonyl (C=O) groups excluding carboxylic acids is 1. The number of likely N-dealkylation sites (N-methyl/N-ethyl adjacent to an activating group) is 1. The number of aryl methyl sites for hydroxylation is 2. The second-order valence-corrected chi connectivity index (χ2v) is 7.42. The van der Waals surface area contributed by atoms with Gasteiger partial charge in [0, 0.05) is 25.8 Å². The van der Waals surface area contributed by atoms with Crippen molar-refractivity contribution >= 4 is 5.91 Å². The van der Waals surface area contributed by atoms with E-state index in [4.69, 9.17) is 4.74 Å². The molecule has 1 aromatic carbocycles. The van der Waals surface area contributed by atoms with Crippen molar-refractivity contribution in [1.82, 2.24) is 30.0 Å². The number of rotatable bonds is 6. The third kappa shape index (κ3) is 3.59. The molecular weight excluding hydrogens is 344 g/mol. The molecule has 3 rings (SSSR count). The number of nitrogens with zero attached hydrogens (tertiary/aromatic N) is 6. The maximum absolute atomic E-state index is 13.1. The van der Waals surface area contributed by atoms with Gasteiger partial charge in [-0.15, -0.1) is 5.10 Å². The summed E-state index contributed by atoms with van der Waals surface area (Å²) in [6.45, 7) is 6.42. The van der Waals surface area contributed by atoms with E-state index in [2.05, 4.69) is 27.3 Å². The van der Waals surface area contributed by atoms with Gasteiger partial charge < -0.3 is 9.64 Å². The lowest BCUT2D eigenvalue weighted by Crippen LogP contribution is -2.47. The number of tetrazole rings is 1. The monoisotopic (exact) mass is 372 g/mol. The average molecular weight is 372 g/mol. The number of amides is 1. The highest BCUT2D eigenvalue weighted by molar-refractivity contribution is 5.94. The lowest BCUT2D eigenvalue weighted by Gasteiger charge is -2.34. The van der Waals surface area contributed by atoms with Gasteiger partial charge in [-0.25, -0.2) is 4.68 Å². The Hall–Kier alpha value is -2.32. The molecule has 0 aliphatic carbocycles. The predicted molar refractivity (Wildman–Crippen MR) is 101 cm³/mol. The predicted octanol–water partition coefficient (Wildman–Crippen LogP) is 1.24. The molecule has 1 amide bonds. The minimum atomic E-state index is -0.410. The standard InChI is InChI=1S/C19H28N6O2/c1-14-6-7-16(12-15(14)2)17(26)24-9-8-19(13-24,23(3)4)18-20-21-22-25(18)10-11-27-5/h6-7,12H,8-11,13H2,1-5H3. The number of hydrogen-bond acceptors (Lipinski definition) is 6. The molecule has 1 fully saturated rings. The number of benzene rings is 1. The largest absolute Gasteiger partial charge is 0.383 e. The summed E-state index contributed by atoms with van der Waals surface area (Å²) in [5.74, 6) is 0.831. The molecule has 2 heterocycles. The quantitative estimate of drug-likeness (QED) is 0.759. The van der Waals surface area contributed by atoms with Gasteiger partial charge in [-0.3, -0.25) is 9.69 Å². The molecule has 0 bridgehead atoms. The number of methoxy groups -OCH3 is 1. The molecule has 8 nitrogen and oxygen atoms in total. The first-order chi connectivity index (χ1) is 12.9. The van der Waals surface area contributed by atoms with Crippen molar-refractivity contribution in [3.63, 3.8) is 0 Å². The van der Waals surface area contributed by atoms with Gasteiger partial charge in [0.15, 0.2) is 5.82 Å². The van der Waals surface area contributed by atoms with Crippen molar-refractivity contribution in [3.8, 4) is 0 Å². The van der Waals surface area contributed by atoms with Crippen LogP contribution < -0.4 is 0 Å². The zero-order valence-corrected chi connectivity index (χ0v) is 16.8. The first kappa shape index (κ1) is 19.4. The summed E-state index contributed by atoms with van der Waals surface area (Å²) in [4.78, 5) is 17.1. The molecule has 1 saturated heterocycles. The maximum Gasteiger partial charge on any atom is 0.253 e. The van der Waals surface area contributed by atoms with Crippen molar-refractivity contribution in [1.29, 1.82) is 0 Å². The normalized spacial score (nSPS) is 19.9. The van der Waals surface area contributed by atoms with Crippen LogP contribution in [0.25, 0.3) is 0 Å². The number of carbonyl (C=O) groups is 1. The van der Waals surface area contributed by atoms with E-state index >= 15 is 0 Å². The second kappa shape index (κ2) is 7.74. The lowest BCUT2D eigenvalue weighted by molar-refractivity contribution is 0.0736. The topological polar surface area (TPSA) is 76.4 Å². The lowest BCUT2D eigenvalue weighted by atomic mass is 9.95. The first-order valence-electron chi connectivity index (χ1n) is 9.18. The minimum absolute atomic E-state index is 0.0535. The summed E-state index contributed by atoms with van der Waals surface area (Å²) >= 11 is 0. The van der Waals surface area contributed by atoms with E-state index in [1.807, 2.05) is 44.1 Å². The molecule has 0 radical (unpaired) electrons. The van der Waals surface area contributed by atoms with Crippen LogP contribution in [-0.2, 0) is 16.8 Å². The van der Waals surface area contributed by atoms with Gasteiger partial charge in [0.25, 0.3) is 5.91 Å². The molecule has 8 heteroatoms. The van der Waals surface area contributed by atoms with Gasteiger partial charge in [0.05, 0.1) is 13.2 Å². The molecule has 1 atom stereocenters. The van der Waals surface area contributed by atoms with Gasteiger partial charge >= 0.3 is 0 Å². The van der Waals surface area contributed by atoms with Crippen molar-refractivity contribution in [2.24, 2.45) is 0 Å². The zero-order chi connectivity index (χ0) is 19.6. The molecule has 2 aromatic rings. The second-order valence-electron chi connectivity index (χ2n) is 7.42. The number of hydrogen-bond donors (Lipinski definition) is 0. The minimum Gasteiger partial charge on any atom is -0.383 e. The van der Waals surface area contributed by atoms with E-state index in [1.165, 1.54) is 5.56 Å². The van der Waals surface area contributed by atoms with Crippen LogP contribution in [0.3, 0.4) is 0 Å². The highest BCUT2D eigenvalue weighted by Crippen LogP contribution is 2.35. The Morgan fingerprint density at radius 1 is 1.30 bits per heavy atom. The maximum atomic E-state index is 13.1. The Bertz CT molecular complexity index is 818. The van der Waals surface area contributed by atoms with Crippen molar-refractivity contribution < 1.29 is 9.53 Å². The van der Waals surface area contributed by atoms with Crippen LogP contribution in [0.1, 0.15) is 33.7 Å². The molecule has 1 aromatic heterocycles. The summed E-state index contributed by atoms with van der Waals surface area (Å²) in [6.07, 6.45) is 0.782. The fourth-order valence-electron chi connectivity index (χ4n) is 3.64. The highest BCUT2D eigenvalue weighted by Gasteiger charge is 2.47. The summed E-state index contributed by atoms with van der Waals surface area (Å²) in [7, 11) is 5.68. The van der Waals surface area contributed by atoms with Crippen LogP contribution in [0, 0.1) is 13.8 Å². The molecule has 1 aliphatic heterocycles. The van der Waals surface area contributed by atoms with Crippen LogP contribution in [0.4, 0.5) is 0 Å². The van der Waals surface area contributed by atoms with Crippen molar-refractivity contribution in [2.75, 3.05) is 40.9 Å². The van der Waals surface area contributed by atoms with Gasteiger partial charge in [-0.2, -0.15) is 0 Å². The highest BCUT2D eigenvalue weighted by atomic mass is 16.5. The molecule has 0 spiro atoms. The average Bonchev–Trinajstić information content (AvgIpc) is 3.29. The van der Waals surface area contributed by atoms with Crippen molar-refractivity contribution in [2.45, 2.75) is 32.4 Å². The fourth-order valence-corrected chi connectivity index (χ4v) is 3.64. The van der Waals surface area contributed by atoms with E-state index < -0.39 is 5.54 Å². The summed E-state index contributed by atoms with van der Waals surface area (Å²) in [5, 5.41) is 12.3. The molecular formula is C19H28N6O2. The number of aromatic nitrogens is 4.